The Bertz CT molecular complexity index is 1070. The fourth-order valence-electron chi connectivity index (χ4n) is 5.69. The van der Waals surface area contributed by atoms with Gasteiger partial charge in [-0.25, -0.2) is 14.5 Å². The summed E-state index contributed by atoms with van der Waals surface area (Å²) >= 11 is 0. The number of hydrogen-bond acceptors (Lipinski definition) is 6. The third-order valence-electron chi connectivity index (χ3n) is 8.05. The van der Waals surface area contributed by atoms with Crippen molar-refractivity contribution in [3.05, 3.63) is 29.3 Å². The van der Waals surface area contributed by atoms with Gasteiger partial charge in [0, 0.05) is 50.5 Å². The highest BCUT2D eigenvalue weighted by atomic mass is 16.6. The molecule has 2 aliphatic heterocycles. The van der Waals surface area contributed by atoms with Crippen LogP contribution in [0.25, 0.3) is 0 Å². The lowest BCUT2D eigenvalue weighted by Crippen LogP contribution is -2.49. The number of ether oxygens (including phenoxy) is 2. The molecule has 2 heterocycles. The normalized spacial score (nSPS) is 24.4. The van der Waals surface area contributed by atoms with E-state index in [0.717, 1.165) is 36.1 Å². The molecule has 4 aliphatic rings. The summed E-state index contributed by atoms with van der Waals surface area (Å²) in [6.45, 7) is 3.77. The molecule has 5 amide bonds. The van der Waals surface area contributed by atoms with Crippen LogP contribution < -0.4 is 10.6 Å². The monoisotopic (exact) mass is 498 g/mol. The number of aryl methyl sites for hydroxylation is 1. The van der Waals surface area contributed by atoms with Gasteiger partial charge in [-0.2, -0.15) is 0 Å². The summed E-state index contributed by atoms with van der Waals surface area (Å²) in [6.07, 6.45) is 4.06. The zero-order valence-electron chi connectivity index (χ0n) is 20.9. The molecule has 5 rings (SSSR count). The van der Waals surface area contributed by atoms with Crippen LogP contribution >= 0.6 is 0 Å². The molecule has 0 aromatic heterocycles. The Balaban J connectivity index is 1.32. The number of hydrogen-bond donors (Lipinski definition) is 2. The van der Waals surface area contributed by atoms with Crippen molar-refractivity contribution >= 4 is 29.6 Å². The predicted molar refractivity (Wildman–Crippen MR) is 130 cm³/mol. The summed E-state index contributed by atoms with van der Waals surface area (Å²) in [7, 11) is 1.53. The Labute approximate surface area is 210 Å². The number of urea groups is 1. The SMILES string of the molecule is CNC(=O)Nc1ccc2c(c1)CC[C@@]21OC(=O)N(CC(=O)N(CC2CCOCC2)C(C)C2CC2)C1=O. The van der Waals surface area contributed by atoms with Crippen molar-refractivity contribution in [3.63, 3.8) is 0 Å². The molecule has 10 heteroatoms. The fourth-order valence-corrected chi connectivity index (χ4v) is 5.69. The Kier molecular flexibility index (Phi) is 6.63. The van der Waals surface area contributed by atoms with Gasteiger partial charge in [-0.05, 0) is 68.6 Å². The largest absolute Gasteiger partial charge is 0.427 e. The molecule has 1 aromatic rings. The molecule has 1 spiro atoms. The van der Waals surface area contributed by atoms with Crippen LogP contribution in [-0.2, 0) is 31.1 Å². The third kappa shape index (κ3) is 4.54. The van der Waals surface area contributed by atoms with Crippen molar-refractivity contribution in [2.75, 3.05) is 38.7 Å². The van der Waals surface area contributed by atoms with E-state index in [1.165, 1.54) is 7.05 Å². The first-order chi connectivity index (χ1) is 17.3. The van der Waals surface area contributed by atoms with E-state index in [-0.39, 0.29) is 24.5 Å². The minimum atomic E-state index is -1.41. The molecule has 3 fully saturated rings. The van der Waals surface area contributed by atoms with Gasteiger partial charge in [-0.1, -0.05) is 6.07 Å². The number of benzene rings is 1. The maximum atomic E-state index is 13.6. The quantitative estimate of drug-likeness (QED) is 0.597. The van der Waals surface area contributed by atoms with Gasteiger partial charge >= 0.3 is 12.1 Å². The van der Waals surface area contributed by atoms with E-state index in [9.17, 15) is 19.2 Å². The van der Waals surface area contributed by atoms with Crippen molar-refractivity contribution in [3.8, 4) is 0 Å². The first-order valence-electron chi connectivity index (χ1n) is 12.9. The zero-order valence-corrected chi connectivity index (χ0v) is 20.9. The molecule has 0 bridgehead atoms. The van der Waals surface area contributed by atoms with Crippen LogP contribution in [0.3, 0.4) is 0 Å². The first-order valence-corrected chi connectivity index (χ1v) is 12.9. The number of anilines is 1. The number of carbonyl (C=O) groups is 4. The highest BCUT2D eigenvalue weighted by Gasteiger charge is 2.58. The smallest absolute Gasteiger partial charge is 0.418 e. The standard InChI is InChI=1S/C26H34N4O6/c1-16(18-3-4-18)29(14-17-8-11-35-12-9-17)22(31)15-30-23(32)26(36-25(30)34)10-7-19-13-20(5-6-21(19)26)28-24(33)27-2/h5-6,13,16-18H,3-4,7-12,14-15H2,1-2H3,(H2,27,28,33)/t16?,26-/m1/s1. The Morgan fingerprint density at radius 1 is 1.19 bits per heavy atom. The minimum Gasteiger partial charge on any atom is -0.427 e. The lowest BCUT2D eigenvalue weighted by Gasteiger charge is -2.35. The lowest BCUT2D eigenvalue weighted by atomic mass is 9.94. The fraction of sp³-hybridized carbons (Fsp3) is 0.615. The number of nitrogens with zero attached hydrogens (tertiary/aromatic N) is 2. The van der Waals surface area contributed by atoms with Crippen LogP contribution in [0, 0.1) is 11.8 Å². The van der Waals surface area contributed by atoms with E-state index in [1.807, 2.05) is 4.90 Å². The van der Waals surface area contributed by atoms with Gasteiger partial charge < -0.3 is 25.0 Å². The molecule has 0 radical (unpaired) electrons. The van der Waals surface area contributed by atoms with Gasteiger partial charge in [0.15, 0.2) is 0 Å². The van der Waals surface area contributed by atoms with E-state index in [1.54, 1.807) is 18.2 Å². The Morgan fingerprint density at radius 2 is 1.94 bits per heavy atom. The average molecular weight is 499 g/mol. The molecule has 2 N–H and O–H groups in total. The third-order valence-corrected chi connectivity index (χ3v) is 8.05. The van der Waals surface area contributed by atoms with E-state index in [0.29, 0.717) is 55.7 Å². The predicted octanol–water partition coefficient (Wildman–Crippen LogP) is 2.61. The summed E-state index contributed by atoms with van der Waals surface area (Å²) in [5.74, 6) is 0.125. The number of nitrogens with one attached hydrogen (secondary N) is 2. The molecule has 1 aromatic carbocycles. The molecule has 2 atom stereocenters. The van der Waals surface area contributed by atoms with E-state index < -0.39 is 17.6 Å². The highest BCUT2D eigenvalue weighted by molar-refractivity contribution is 6.06. The topological polar surface area (TPSA) is 117 Å². The van der Waals surface area contributed by atoms with E-state index in [2.05, 4.69) is 17.6 Å². The summed E-state index contributed by atoms with van der Waals surface area (Å²) in [6, 6.07) is 4.92. The second-order valence-corrected chi connectivity index (χ2v) is 10.3. The van der Waals surface area contributed by atoms with Gasteiger partial charge in [0.25, 0.3) is 5.91 Å². The summed E-state index contributed by atoms with van der Waals surface area (Å²) in [5.41, 5.74) is 0.628. The average Bonchev–Trinajstić information content (AvgIpc) is 3.63. The molecular formula is C26H34N4O6. The maximum absolute atomic E-state index is 13.6. The van der Waals surface area contributed by atoms with Crippen molar-refractivity contribution in [1.29, 1.82) is 0 Å². The highest BCUT2D eigenvalue weighted by Crippen LogP contribution is 2.46. The number of imide groups is 1. The molecule has 1 unspecified atom stereocenters. The van der Waals surface area contributed by atoms with Crippen LogP contribution in [-0.4, -0.2) is 73.1 Å². The van der Waals surface area contributed by atoms with Crippen molar-refractivity contribution in [1.82, 2.24) is 15.1 Å². The van der Waals surface area contributed by atoms with Gasteiger partial charge in [0.2, 0.25) is 11.5 Å². The zero-order chi connectivity index (χ0) is 25.4. The molecule has 194 valence electrons. The molecule has 10 nitrogen and oxygen atoms in total. The van der Waals surface area contributed by atoms with Crippen molar-refractivity contribution in [2.24, 2.45) is 11.8 Å². The molecule has 36 heavy (non-hydrogen) atoms. The number of carbonyl (C=O) groups excluding carboxylic acids is 4. The Hall–Kier alpha value is -3.14. The summed E-state index contributed by atoms with van der Waals surface area (Å²) in [5, 5.41) is 5.21. The second kappa shape index (κ2) is 9.72. The van der Waals surface area contributed by atoms with Crippen LogP contribution in [0.5, 0.6) is 0 Å². The summed E-state index contributed by atoms with van der Waals surface area (Å²) in [4.78, 5) is 54.5. The lowest BCUT2D eigenvalue weighted by molar-refractivity contribution is -0.143. The van der Waals surface area contributed by atoms with Crippen LogP contribution in [0.2, 0.25) is 0 Å². The maximum Gasteiger partial charge on any atom is 0.418 e. The first kappa shape index (κ1) is 24.5. The van der Waals surface area contributed by atoms with Crippen LogP contribution in [0.15, 0.2) is 18.2 Å². The van der Waals surface area contributed by atoms with Gasteiger partial charge in [0.05, 0.1) is 0 Å². The molecule has 2 saturated heterocycles. The molecule has 2 aliphatic carbocycles. The van der Waals surface area contributed by atoms with Crippen molar-refractivity contribution < 1.29 is 28.7 Å². The minimum absolute atomic E-state index is 0.0708. The van der Waals surface area contributed by atoms with Crippen LogP contribution in [0.4, 0.5) is 15.3 Å². The van der Waals surface area contributed by atoms with Gasteiger partial charge in [-0.15, -0.1) is 0 Å². The number of fused-ring (bicyclic) bond motifs is 2. The molecule has 1 saturated carbocycles. The van der Waals surface area contributed by atoms with Crippen LogP contribution in [0.1, 0.15) is 50.2 Å². The number of amides is 5. The van der Waals surface area contributed by atoms with Crippen molar-refractivity contribution in [2.45, 2.75) is 57.1 Å². The van der Waals surface area contributed by atoms with Gasteiger partial charge in [0.1, 0.15) is 6.54 Å². The summed E-state index contributed by atoms with van der Waals surface area (Å²) < 4.78 is 11.2. The second-order valence-electron chi connectivity index (χ2n) is 10.3. The molecular weight excluding hydrogens is 464 g/mol. The van der Waals surface area contributed by atoms with Gasteiger partial charge in [-0.3, -0.25) is 9.59 Å². The van der Waals surface area contributed by atoms with E-state index in [4.69, 9.17) is 9.47 Å². The number of rotatable bonds is 7. The van der Waals surface area contributed by atoms with E-state index >= 15 is 0 Å². The Morgan fingerprint density at radius 3 is 2.64 bits per heavy atom.